The van der Waals surface area contributed by atoms with Gasteiger partial charge in [-0.15, -0.1) is 0 Å². The molecule has 2 heterocycles. The molecule has 0 saturated carbocycles. The van der Waals surface area contributed by atoms with Gasteiger partial charge in [-0.05, 0) is 30.2 Å². The van der Waals surface area contributed by atoms with Gasteiger partial charge in [0.25, 0.3) is 0 Å². The smallest absolute Gasteiger partial charge is 0.336 e. The maximum absolute atomic E-state index is 12.7. The molecule has 0 spiro atoms. The van der Waals surface area contributed by atoms with Crippen LogP contribution in [-0.2, 0) is 14.8 Å². The summed E-state index contributed by atoms with van der Waals surface area (Å²) >= 11 is 0. The molecule has 1 unspecified atom stereocenters. The van der Waals surface area contributed by atoms with Gasteiger partial charge in [-0.2, -0.15) is 0 Å². The third kappa shape index (κ3) is 4.32. The second-order valence-corrected chi connectivity index (χ2v) is 8.53. The van der Waals surface area contributed by atoms with Gasteiger partial charge in [0.05, 0.1) is 18.1 Å². The van der Waals surface area contributed by atoms with Crippen molar-refractivity contribution in [2.24, 2.45) is 5.92 Å². The molecule has 0 radical (unpaired) electrons. The first-order chi connectivity index (χ1) is 12.4. The summed E-state index contributed by atoms with van der Waals surface area (Å²) < 4.78 is 38.6. The number of sulfonamides is 1. The number of benzene rings is 1. The predicted octanol–water partition coefficient (Wildman–Crippen LogP) is 1.43. The first kappa shape index (κ1) is 19.0. The van der Waals surface area contributed by atoms with E-state index in [2.05, 4.69) is 23.5 Å². The highest BCUT2D eigenvalue weighted by Gasteiger charge is 2.26. The second-order valence-electron chi connectivity index (χ2n) is 6.77. The number of nitrogens with zero attached hydrogens (tertiary/aromatic N) is 1. The molecule has 2 aromatic rings. The average Bonchev–Trinajstić information content (AvgIpc) is 2.62. The van der Waals surface area contributed by atoms with E-state index in [1.807, 2.05) is 0 Å². The van der Waals surface area contributed by atoms with E-state index in [-0.39, 0.29) is 10.9 Å². The highest BCUT2D eigenvalue weighted by atomic mass is 32.2. The Morgan fingerprint density at radius 2 is 1.88 bits per heavy atom. The molecule has 0 bridgehead atoms. The number of morpholine rings is 1. The Hall–Kier alpha value is -1.74. The summed E-state index contributed by atoms with van der Waals surface area (Å²) in [5.41, 5.74) is -0.0960. The average molecular weight is 380 g/mol. The topological polar surface area (TPSA) is 88.8 Å². The Morgan fingerprint density at radius 3 is 2.58 bits per heavy atom. The van der Waals surface area contributed by atoms with E-state index in [4.69, 9.17) is 9.15 Å². The maximum atomic E-state index is 12.7. The first-order valence-electron chi connectivity index (χ1n) is 8.72. The van der Waals surface area contributed by atoms with Crippen molar-refractivity contribution in [2.75, 3.05) is 32.8 Å². The molecule has 26 heavy (non-hydrogen) atoms. The summed E-state index contributed by atoms with van der Waals surface area (Å²) in [6.07, 6.45) is 0. The van der Waals surface area contributed by atoms with Crippen molar-refractivity contribution in [3.05, 3.63) is 40.8 Å². The number of fused-ring (bicyclic) bond motifs is 1. The van der Waals surface area contributed by atoms with E-state index >= 15 is 0 Å². The number of rotatable bonds is 6. The maximum Gasteiger partial charge on any atom is 0.336 e. The van der Waals surface area contributed by atoms with Crippen molar-refractivity contribution in [1.29, 1.82) is 0 Å². The van der Waals surface area contributed by atoms with Crippen molar-refractivity contribution >= 4 is 21.0 Å². The van der Waals surface area contributed by atoms with Gasteiger partial charge in [0.2, 0.25) is 10.0 Å². The highest BCUT2D eigenvalue weighted by Crippen LogP contribution is 2.19. The van der Waals surface area contributed by atoms with Gasteiger partial charge in [0, 0.05) is 37.1 Å². The van der Waals surface area contributed by atoms with Crippen molar-refractivity contribution in [1.82, 2.24) is 9.62 Å². The van der Waals surface area contributed by atoms with Crippen LogP contribution in [0.4, 0.5) is 0 Å². The van der Waals surface area contributed by atoms with Gasteiger partial charge in [0.15, 0.2) is 0 Å². The Bertz CT molecular complexity index is 917. The minimum absolute atomic E-state index is 0.104. The molecule has 1 atom stereocenters. The Kier molecular flexibility index (Phi) is 5.76. The van der Waals surface area contributed by atoms with Gasteiger partial charge in [-0.25, -0.2) is 17.9 Å². The van der Waals surface area contributed by atoms with Crippen LogP contribution < -0.4 is 10.3 Å². The zero-order valence-corrected chi connectivity index (χ0v) is 15.8. The van der Waals surface area contributed by atoms with E-state index in [0.29, 0.717) is 36.6 Å². The zero-order chi connectivity index (χ0) is 18.7. The number of hydrogen-bond donors (Lipinski definition) is 1. The molecular weight excluding hydrogens is 356 g/mol. The van der Waals surface area contributed by atoms with E-state index in [0.717, 1.165) is 13.1 Å². The highest BCUT2D eigenvalue weighted by molar-refractivity contribution is 7.89. The van der Waals surface area contributed by atoms with Crippen LogP contribution in [-0.4, -0.2) is 52.2 Å². The first-order valence-corrected chi connectivity index (χ1v) is 10.2. The largest absolute Gasteiger partial charge is 0.423 e. The fraction of sp³-hybridized carbons (Fsp3) is 0.500. The molecular formula is C18H24N2O5S. The van der Waals surface area contributed by atoms with Crippen LogP contribution in [0.2, 0.25) is 0 Å². The molecule has 1 aliphatic rings. The molecule has 1 aromatic carbocycles. The molecule has 1 aliphatic heterocycles. The SMILES string of the molecule is CC(C)C(CNS(=O)(=O)c1ccc2oc(=O)ccc2c1)N1CCOCC1. The number of ether oxygens (including phenoxy) is 1. The van der Waals surface area contributed by atoms with E-state index < -0.39 is 15.6 Å². The summed E-state index contributed by atoms with van der Waals surface area (Å²) in [7, 11) is -3.66. The number of nitrogens with one attached hydrogen (secondary N) is 1. The van der Waals surface area contributed by atoms with Crippen LogP contribution in [0.5, 0.6) is 0 Å². The molecule has 8 heteroatoms. The number of hydrogen-bond acceptors (Lipinski definition) is 6. The molecule has 1 aromatic heterocycles. The molecule has 7 nitrogen and oxygen atoms in total. The summed E-state index contributed by atoms with van der Waals surface area (Å²) in [5, 5.41) is 0.570. The fourth-order valence-corrected chi connectivity index (χ4v) is 4.28. The monoisotopic (exact) mass is 380 g/mol. The Morgan fingerprint density at radius 1 is 1.15 bits per heavy atom. The molecule has 1 N–H and O–H groups in total. The van der Waals surface area contributed by atoms with Crippen LogP contribution in [0.3, 0.4) is 0 Å². The minimum Gasteiger partial charge on any atom is -0.423 e. The van der Waals surface area contributed by atoms with E-state index in [1.165, 1.54) is 24.3 Å². The van der Waals surface area contributed by atoms with Crippen molar-refractivity contribution in [2.45, 2.75) is 24.8 Å². The molecule has 1 fully saturated rings. The van der Waals surface area contributed by atoms with Gasteiger partial charge >= 0.3 is 5.63 Å². The van der Waals surface area contributed by atoms with Gasteiger partial charge in [0.1, 0.15) is 5.58 Å². The summed E-state index contributed by atoms with van der Waals surface area (Å²) in [6, 6.07) is 7.41. The normalized spacial score (nSPS) is 17.7. The lowest BCUT2D eigenvalue weighted by molar-refractivity contribution is 0.00776. The molecule has 142 valence electrons. The van der Waals surface area contributed by atoms with Gasteiger partial charge in [-0.3, -0.25) is 4.90 Å². The van der Waals surface area contributed by atoms with Crippen molar-refractivity contribution < 1.29 is 17.6 Å². The molecule has 0 amide bonds. The van der Waals surface area contributed by atoms with E-state index in [9.17, 15) is 13.2 Å². The van der Waals surface area contributed by atoms with Gasteiger partial charge < -0.3 is 9.15 Å². The van der Waals surface area contributed by atoms with Crippen molar-refractivity contribution in [3.8, 4) is 0 Å². The predicted molar refractivity (Wildman–Crippen MR) is 98.7 cm³/mol. The van der Waals surface area contributed by atoms with Crippen LogP contribution in [0.1, 0.15) is 13.8 Å². The summed E-state index contributed by atoms with van der Waals surface area (Å²) in [5.74, 6) is 0.307. The van der Waals surface area contributed by atoms with Crippen molar-refractivity contribution in [3.63, 3.8) is 0 Å². The molecule has 3 rings (SSSR count). The lowest BCUT2D eigenvalue weighted by atomic mass is 10.0. The standard InChI is InChI=1S/C18H24N2O5S/c1-13(2)16(20-7-9-24-10-8-20)12-19-26(22,23)15-4-5-17-14(11-15)3-6-18(21)25-17/h3-6,11,13,16,19H,7-10,12H2,1-2H3. The lowest BCUT2D eigenvalue weighted by Gasteiger charge is -2.36. The zero-order valence-electron chi connectivity index (χ0n) is 15.0. The van der Waals surface area contributed by atoms with Gasteiger partial charge in [-0.1, -0.05) is 13.8 Å². The summed E-state index contributed by atoms with van der Waals surface area (Å²) in [4.78, 5) is 13.7. The fourth-order valence-electron chi connectivity index (χ4n) is 3.19. The Balaban J connectivity index is 1.77. The van der Waals surface area contributed by atoms with Crippen LogP contribution in [0.15, 0.2) is 44.4 Å². The third-order valence-electron chi connectivity index (χ3n) is 4.67. The second kappa shape index (κ2) is 7.87. The molecule has 0 aliphatic carbocycles. The minimum atomic E-state index is -3.66. The molecule has 1 saturated heterocycles. The quantitative estimate of drug-likeness (QED) is 0.763. The summed E-state index contributed by atoms with van der Waals surface area (Å²) in [6.45, 7) is 7.47. The van der Waals surface area contributed by atoms with Crippen LogP contribution in [0, 0.1) is 5.92 Å². The Labute approximate surface area is 153 Å². The third-order valence-corrected chi connectivity index (χ3v) is 6.09. The lowest BCUT2D eigenvalue weighted by Crippen LogP contribution is -2.51. The van der Waals surface area contributed by atoms with E-state index in [1.54, 1.807) is 6.07 Å². The van der Waals surface area contributed by atoms with Crippen LogP contribution in [0.25, 0.3) is 11.0 Å². The van der Waals surface area contributed by atoms with Crippen LogP contribution >= 0.6 is 0 Å².